The lowest BCUT2D eigenvalue weighted by atomic mass is 10.1. The molecule has 0 aliphatic heterocycles. The highest BCUT2D eigenvalue weighted by Crippen LogP contribution is 2.36. The highest BCUT2D eigenvalue weighted by Gasteiger charge is 2.22. The summed E-state index contributed by atoms with van der Waals surface area (Å²) in [6.07, 6.45) is -0.602. The van der Waals surface area contributed by atoms with Gasteiger partial charge in [-0.05, 0) is 39.3 Å². The lowest BCUT2D eigenvalue weighted by molar-refractivity contribution is 0.0528. The Morgan fingerprint density at radius 3 is 2.42 bits per heavy atom. The Morgan fingerprint density at radius 1 is 1.17 bits per heavy atom. The molecule has 0 aliphatic carbocycles. The molecule has 0 bridgehead atoms. The maximum atomic E-state index is 12.2. The van der Waals surface area contributed by atoms with E-state index in [-0.39, 0.29) is 6.61 Å². The van der Waals surface area contributed by atoms with Gasteiger partial charge in [0.25, 0.3) is 0 Å². The van der Waals surface area contributed by atoms with Crippen LogP contribution in [0, 0.1) is 0 Å². The molecule has 128 valence electrons. The van der Waals surface area contributed by atoms with E-state index in [1.165, 1.54) is 11.3 Å². The van der Waals surface area contributed by atoms with E-state index in [9.17, 15) is 9.59 Å². The average Bonchev–Trinajstić information content (AvgIpc) is 2.90. The van der Waals surface area contributed by atoms with E-state index in [0.717, 1.165) is 10.4 Å². The van der Waals surface area contributed by atoms with E-state index in [1.54, 1.807) is 33.8 Å². The van der Waals surface area contributed by atoms with Crippen LogP contribution in [-0.2, 0) is 9.47 Å². The third-order valence-electron chi connectivity index (χ3n) is 2.90. The first kappa shape index (κ1) is 18.0. The first-order chi connectivity index (χ1) is 11.3. The van der Waals surface area contributed by atoms with Gasteiger partial charge in [-0.15, -0.1) is 11.3 Å². The summed E-state index contributed by atoms with van der Waals surface area (Å²) in [5, 5.41) is 3.07. The van der Waals surface area contributed by atoms with Crippen LogP contribution >= 0.6 is 11.3 Å². The van der Waals surface area contributed by atoms with E-state index < -0.39 is 17.7 Å². The molecule has 2 rings (SSSR count). The first-order valence-corrected chi connectivity index (χ1v) is 8.48. The molecule has 1 aromatic heterocycles. The van der Waals surface area contributed by atoms with Crippen LogP contribution in [0.25, 0.3) is 10.4 Å². The zero-order valence-corrected chi connectivity index (χ0v) is 15.0. The van der Waals surface area contributed by atoms with Crippen molar-refractivity contribution in [3.8, 4) is 10.4 Å². The van der Waals surface area contributed by atoms with E-state index in [2.05, 4.69) is 5.32 Å². The highest BCUT2D eigenvalue weighted by molar-refractivity contribution is 7.20. The van der Waals surface area contributed by atoms with Crippen LogP contribution in [0.1, 0.15) is 38.1 Å². The summed E-state index contributed by atoms with van der Waals surface area (Å²) >= 11 is 1.31. The molecule has 6 heteroatoms. The highest BCUT2D eigenvalue weighted by atomic mass is 32.1. The molecule has 1 aromatic carbocycles. The van der Waals surface area contributed by atoms with Gasteiger partial charge in [0.1, 0.15) is 10.6 Å². The number of hydrogen-bond donors (Lipinski definition) is 1. The number of amides is 1. The van der Waals surface area contributed by atoms with Gasteiger partial charge in [-0.3, -0.25) is 5.32 Å². The number of ether oxygens (including phenoxy) is 2. The fraction of sp³-hybridized carbons (Fsp3) is 0.333. The van der Waals surface area contributed by atoms with Crippen molar-refractivity contribution in [3.63, 3.8) is 0 Å². The first-order valence-electron chi connectivity index (χ1n) is 7.66. The van der Waals surface area contributed by atoms with Gasteiger partial charge in [0.2, 0.25) is 0 Å². The van der Waals surface area contributed by atoms with Crippen molar-refractivity contribution < 1.29 is 19.1 Å². The standard InChI is InChI=1S/C18H21NO4S/c1-5-22-16(20)13-11-14(12-9-7-6-8-10-12)24-15(13)19-17(21)23-18(2,3)4/h6-11H,5H2,1-4H3,(H,19,21). The summed E-state index contributed by atoms with van der Waals surface area (Å²) in [5.74, 6) is -0.470. The molecule has 0 radical (unpaired) electrons. The smallest absolute Gasteiger partial charge is 0.412 e. The zero-order valence-electron chi connectivity index (χ0n) is 14.2. The van der Waals surface area contributed by atoms with Crippen molar-refractivity contribution in [3.05, 3.63) is 42.0 Å². The second kappa shape index (κ2) is 7.49. The molecule has 0 aliphatic rings. The summed E-state index contributed by atoms with van der Waals surface area (Å²) in [6, 6.07) is 11.4. The molecule has 0 saturated carbocycles. The lowest BCUT2D eigenvalue weighted by Crippen LogP contribution is -2.27. The van der Waals surface area contributed by atoms with E-state index in [4.69, 9.17) is 9.47 Å². The Kier molecular flexibility index (Phi) is 5.62. The molecule has 0 atom stereocenters. The van der Waals surface area contributed by atoms with Gasteiger partial charge in [0.05, 0.1) is 12.2 Å². The van der Waals surface area contributed by atoms with Crippen molar-refractivity contribution in [2.24, 2.45) is 0 Å². The summed E-state index contributed by atoms with van der Waals surface area (Å²) in [5.41, 5.74) is 0.671. The van der Waals surface area contributed by atoms with E-state index in [0.29, 0.717) is 10.6 Å². The molecule has 1 heterocycles. The third-order valence-corrected chi connectivity index (χ3v) is 4.00. The Bertz CT molecular complexity index is 716. The minimum atomic E-state index is -0.617. The van der Waals surface area contributed by atoms with Crippen molar-refractivity contribution in [1.82, 2.24) is 0 Å². The SMILES string of the molecule is CCOC(=O)c1cc(-c2ccccc2)sc1NC(=O)OC(C)(C)C. The number of rotatable bonds is 4. The fourth-order valence-corrected chi connectivity index (χ4v) is 3.02. The van der Waals surface area contributed by atoms with Crippen molar-refractivity contribution in [2.75, 3.05) is 11.9 Å². The minimum Gasteiger partial charge on any atom is -0.462 e. The summed E-state index contributed by atoms with van der Waals surface area (Å²) in [4.78, 5) is 25.1. The van der Waals surface area contributed by atoms with Gasteiger partial charge in [0, 0.05) is 4.88 Å². The predicted octanol–water partition coefficient (Wildman–Crippen LogP) is 4.94. The van der Waals surface area contributed by atoms with Crippen LogP contribution in [0.15, 0.2) is 36.4 Å². The maximum absolute atomic E-state index is 12.2. The molecule has 1 N–H and O–H groups in total. The van der Waals surface area contributed by atoms with Crippen LogP contribution < -0.4 is 5.32 Å². The third kappa shape index (κ3) is 4.83. The molecule has 0 spiro atoms. The van der Waals surface area contributed by atoms with Crippen molar-refractivity contribution >= 4 is 28.4 Å². The Balaban J connectivity index is 2.32. The van der Waals surface area contributed by atoms with Gasteiger partial charge < -0.3 is 9.47 Å². The largest absolute Gasteiger partial charge is 0.462 e. The van der Waals surface area contributed by atoms with Gasteiger partial charge in [-0.1, -0.05) is 30.3 Å². The second-order valence-electron chi connectivity index (χ2n) is 6.07. The van der Waals surface area contributed by atoms with Crippen molar-refractivity contribution in [2.45, 2.75) is 33.3 Å². The number of hydrogen-bond acceptors (Lipinski definition) is 5. The Morgan fingerprint density at radius 2 is 1.83 bits per heavy atom. The van der Waals surface area contributed by atoms with E-state index in [1.807, 2.05) is 30.3 Å². The van der Waals surface area contributed by atoms with Crippen LogP contribution in [0.3, 0.4) is 0 Å². The van der Waals surface area contributed by atoms with Gasteiger partial charge in [-0.25, -0.2) is 9.59 Å². The molecule has 1 amide bonds. The maximum Gasteiger partial charge on any atom is 0.412 e. The zero-order chi connectivity index (χ0) is 17.7. The van der Waals surface area contributed by atoms with Crippen LogP contribution in [0.5, 0.6) is 0 Å². The molecule has 0 unspecified atom stereocenters. The van der Waals surface area contributed by atoms with Crippen molar-refractivity contribution in [1.29, 1.82) is 0 Å². The van der Waals surface area contributed by atoms with Crippen LogP contribution in [0.4, 0.5) is 9.80 Å². The Hall–Kier alpha value is -2.34. The number of benzene rings is 1. The molecule has 2 aromatic rings. The minimum absolute atomic E-state index is 0.265. The summed E-state index contributed by atoms with van der Waals surface area (Å²) in [6.45, 7) is 7.35. The van der Waals surface area contributed by atoms with Gasteiger partial charge in [0.15, 0.2) is 0 Å². The van der Waals surface area contributed by atoms with E-state index >= 15 is 0 Å². The molecule has 0 saturated heterocycles. The lowest BCUT2D eigenvalue weighted by Gasteiger charge is -2.19. The summed E-state index contributed by atoms with van der Waals surface area (Å²) in [7, 11) is 0. The van der Waals surface area contributed by atoms with Gasteiger partial charge >= 0.3 is 12.1 Å². The second-order valence-corrected chi connectivity index (χ2v) is 7.12. The molecule has 24 heavy (non-hydrogen) atoms. The van der Waals surface area contributed by atoms with Crippen LogP contribution in [0.2, 0.25) is 0 Å². The van der Waals surface area contributed by atoms with Crippen LogP contribution in [-0.4, -0.2) is 24.3 Å². The quantitative estimate of drug-likeness (QED) is 0.796. The summed E-state index contributed by atoms with van der Waals surface area (Å²) < 4.78 is 10.3. The monoisotopic (exact) mass is 347 g/mol. The molecular formula is C18H21NO4S. The number of nitrogens with one attached hydrogen (secondary N) is 1. The fourth-order valence-electron chi connectivity index (χ4n) is 1.99. The normalized spacial score (nSPS) is 11.0. The average molecular weight is 347 g/mol. The number of esters is 1. The predicted molar refractivity (Wildman–Crippen MR) is 95.6 cm³/mol. The number of anilines is 1. The molecule has 0 fully saturated rings. The number of carbonyl (C=O) groups is 2. The molecule has 5 nitrogen and oxygen atoms in total. The number of carbonyl (C=O) groups excluding carboxylic acids is 2. The Labute approximate surface area is 145 Å². The van der Waals surface area contributed by atoms with Gasteiger partial charge in [-0.2, -0.15) is 0 Å². The number of thiophene rings is 1. The molecular weight excluding hydrogens is 326 g/mol. The topological polar surface area (TPSA) is 64.6 Å².